The molecule has 0 bridgehead atoms. The zero-order valence-electron chi connectivity index (χ0n) is 6.11. The van der Waals surface area contributed by atoms with E-state index in [1.165, 1.54) is 0 Å². The van der Waals surface area contributed by atoms with E-state index >= 15 is 0 Å². The fourth-order valence-electron chi connectivity index (χ4n) is 0.440. The molecule has 0 amide bonds. The van der Waals surface area contributed by atoms with Gasteiger partial charge in [-0.1, -0.05) is 5.11 Å². The molecular formula is C5H10N4O. The molecule has 56 valence electrons. The van der Waals surface area contributed by atoms with Crippen molar-refractivity contribution in [2.24, 2.45) is 10.1 Å². The Balaban J connectivity index is 3.72. The molecule has 0 heterocycles. The molecule has 10 heavy (non-hydrogen) atoms. The smallest absolute Gasteiger partial charge is 0.188 e. The van der Waals surface area contributed by atoms with Crippen LogP contribution in [0.3, 0.4) is 0 Å². The molecule has 0 saturated carbocycles. The van der Waals surface area contributed by atoms with Gasteiger partial charge in [0.15, 0.2) is 5.90 Å². The third kappa shape index (κ3) is 3.74. The van der Waals surface area contributed by atoms with Crippen LogP contribution in [0, 0.1) is 0 Å². The molecule has 0 radical (unpaired) electrons. The summed E-state index contributed by atoms with van der Waals surface area (Å²) in [4.78, 5) is 6.31. The van der Waals surface area contributed by atoms with E-state index in [1.54, 1.807) is 7.05 Å². The topological polar surface area (TPSA) is 70.3 Å². The number of ether oxygens (including phenoxy) is 1. The van der Waals surface area contributed by atoms with Crippen LogP contribution in [0.1, 0.15) is 6.92 Å². The summed E-state index contributed by atoms with van der Waals surface area (Å²) >= 11 is 0. The van der Waals surface area contributed by atoms with Crippen LogP contribution in [-0.4, -0.2) is 26.1 Å². The fraction of sp³-hybridized carbons (Fsp3) is 0.800. The predicted octanol–water partition coefficient (Wildman–Crippen LogP) is 1.36. The first-order chi connectivity index (χ1) is 4.85. The van der Waals surface area contributed by atoms with Gasteiger partial charge >= 0.3 is 0 Å². The van der Waals surface area contributed by atoms with Crippen molar-refractivity contribution < 1.29 is 4.74 Å². The Morgan fingerprint density at radius 1 is 1.70 bits per heavy atom. The van der Waals surface area contributed by atoms with Crippen molar-refractivity contribution in [3.63, 3.8) is 0 Å². The van der Waals surface area contributed by atoms with Crippen molar-refractivity contribution in [3.05, 3.63) is 10.4 Å². The summed E-state index contributed by atoms with van der Waals surface area (Å²) in [6.45, 7) is 2.59. The lowest BCUT2D eigenvalue weighted by molar-refractivity contribution is 0.321. The van der Waals surface area contributed by atoms with Gasteiger partial charge in [0.1, 0.15) is 6.54 Å². The summed E-state index contributed by atoms with van der Waals surface area (Å²) in [5.74, 6) is 0.473. The molecule has 0 fully saturated rings. The van der Waals surface area contributed by atoms with Crippen LogP contribution in [0.5, 0.6) is 0 Å². The molecular weight excluding hydrogens is 132 g/mol. The number of rotatable bonds is 3. The normalized spacial score (nSPS) is 10.4. The molecule has 0 aliphatic heterocycles. The summed E-state index contributed by atoms with van der Waals surface area (Å²) in [7, 11) is 1.60. The van der Waals surface area contributed by atoms with E-state index in [0.717, 1.165) is 0 Å². The van der Waals surface area contributed by atoms with Gasteiger partial charge in [-0.3, -0.25) is 4.99 Å². The Morgan fingerprint density at radius 3 is 2.80 bits per heavy atom. The second-order valence-corrected chi connectivity index (χ2v) is 1.44. The quantitative estimate of drug-likeness (QED) is 0.193. The van der Waals surface area contributed by atoms with Crippen molar-refractivity contribution in [1.29, 1.82) is 0 Å². The fourth-order valence-corrected chi connectivity index (χ4v) is 0.440. The van der Waals surface area contributed by atoms with E-state index in [4.69, 9.17) is 10.3 Å². The van der Waals surface area contributed by atoms with Crippen LogP contribution in [-0.2, 0) is 4.74 Å². The van der Waals surface area contributed by atoms with E-state index in [2.05, 4.69) is 15.0 Å². The van der Waals surface area contributed by atoms with Crippen molar-refractivity contribution in [2.75, 3.05) is 20.2 Å². The third-order valence-electron chi connectivity index (χ3n) is 0.830. The van der Waals surface area contributed by atoms with Gasteiger partial charge in [-0.05, 0) is 12.5 Å². The van der Waals surface area contributed by atoms with E-state index in [-0.39, 0.29) is 6.54 Å². The maximum absolute atomic E-state index is 7.93. The molecule has 0 aliphatic rings. The number of aliphatic imine (C=N–C) groups is 1. The first-order valence-corrected chi connectivity index (χ1v) is 2.94. The highest BCUT2D eigenvalue weighted by Gasteiger charge is 1.92. The van der Waals surface area contributed by atoms with Gasteiger partial charge in [-0.25, -0.2) is 0 Å². The van der Waals surface area contributed by atoms with Crippen LogP contribution in [0.25, 0.3) is 10.4 Å². The molecule has 0 aliphatic carbocycles. The first-order valence-electron chi connectivity index (χ1n) is 2.94. The van der Waals surface area contributed by atoms with E-state index < -0.39 is 0 Å². The first kappa shape index (κ1) is 8.78. The summed E-state index contributed by atoms with van der Waals surface area (Å²) in [5, 5.41) is 3.29. The van der Waals surface area contributed by atoms with Crippen molar-refractivity contribution in [1.82, 2.24) is 0 Å². The minimum Gasteiger partial charge on any atom is -0.481 e. The summed E-state index contributed by atoms with van der Waals surface area (Å²) < 4.78 is 4.98. The maximum Gasteiger partial charge on any atom is 0.188 e. The van der Waals surface area contributed by atoms with Gasteiger partial charge in [-0.2, -0.15) is 0 Å². The van der Waals surface area contributed by atoms with Crippen LogP contribution >= 0.6 is 0 Å². The number of azide groups is 1. The zero-order valence-corrected chi connectivity index (χ0v) is 6.11. The van der Waals surface area contributed by atoms with Gasteiger partial charge < -0.3 is 4.74 Å². The molecule has 0 aromatic heterocycles. The number of hydrogen-bond donors (Lipinski definition) is 0. The lowest BCUT2D eigenvalue weighted by Crippen LogP contribution is -2.07. The lowest BCUT2D eigenvalue weighted by Gasteiger charge is -2.00. The van der Waals surface area contributed by atoms with Gasteiger partial charge in [0, 0.05) is 12.0 Å². The standard InChI is InChI=1S/C5H10N4O/c1-3-10-5(7-2)4-8-9-6/h3-4H2,1-2H3. The molecule has 0 rings (SSSR count). The lowest BCUT2D eigenvalue weighted by atomic mass is 10.6. The Kier molecular flexibility index (Phi) is 5.19. The summed E-state index contributed by atoms with van der Waals surface area (Å²) in [5.41, 5.74) is 7.93. The van der Waals surface area contributed by atoms with E-state index in [0.29, 0.717) is 12.5 Å². The summed E-state index contributed by atoms with van der Waals surface area (Å²) in [6, 6.07) is 0. The third-order valence-corrected chi connectivity index (χ3v) is 0.830. The molecule has 0 atom stereocenters. The maximum atomic E-state index is 7.93. The van der Waals surface area contributed by atoms with Crippen molar-refractivity contribution in [2.45, 2.75) is 6.92 Å². The van der Waals surface area contributed by atoms with Gasteiger partial charge in [0.2, 0.25) is 0 Å². The van der Waals surface area contributed by atoms with E-state index in [9.17, 15) is 0 Å². The molecule has 0 unspecified atom stereocenters. The Labute approximate surface area is 59.3 Å². The number of nitrogens with zero attached hydrogens (tertiary/aromatic N) is 4. The second kappa shape index (κ2) is 5.91. The minimum atomic E-state index is 0.195. The predicted molar refractivity (Wildman–Crippen MR) is 39.0 cm³/mol. The second-order valence-electron chi connectivity index (χ2n) is 1.44. The molecule has 5 nitrogen and oxygen atoms in total. The zero-order chi connectivity index (χ0) is 7.82. The average molecular weight is 142 g/mol. The van der Waals surface area contributed by atoms with Crippen LogP contribution in [0.4, 0.5) is 0 Å². The molecule has 0 aromatic rings. The van der Waals surface area contributed by atoms with Crippen molar-refractivity contribution >= 4 is 5.90 Å². The SMILES string of the molecule is CCOC(CN=[N+]=[N-])=NC. The Bertz CT molecular complexity index is 159. The Morgan fingerprint density at radius 2 is 2.40 bits per heavy atom. The highest BCUT2D eigenvalue weighted by atomic mass is 16.5. The van der Waals surface area contributed by atoms with Gasteiger partial charge in [0.25, 0.3) is 0 Å². The largest absolute Gasteiger partial charge is 0.481 e. The van der Waals surface area contributed by atoms with Crippen LogP contribution in [0.2, 0.25) is 0 Å². The van der Waals surface area contributed by atoms with Gasteiger partial charge in [-0.15, -0.1) is 0 Å². The molecule has 0 spiro atoms. The highest BCUT2D eigenvalue weighted by Crippen LogP contribution is 1.83. The van der Waals surface area contributed by atoms with Crippen LogP contribution in [0.15, 0.2) is 10.1 Å². The molecule has 0 saturated heterocycles. The Hall–Kier alpha value is -1.22. The summed E-state index contributed by atoms with van der Waals surface area (Å²) in [6.07, 6.45) is 0. The molecule has 0 N–H and O–H groups in total. The average Bonchev–Trinajstić information content (AvgIpc) is 1.98. The van der Waals surface area contributed by atoms with Crippen molar-refractivity contribution in [3.8, 4) is 0 Å². The minimum absolute atomic E-state index is 0.195. The molecule has 5 heteroatoms. The highest BCUT2D eigenvalue weighted by molar-refractivity contribution is 5.78. The molecule has 0 aromatic carbocycles. The van der Waals surface area contributed by atoms with E-state index in [1.807, 2.05) is 6.92 Å². The van der Waals surface area contributed by atoms with Crippen LogP contribution < -0.4 is 0 Å². The monoisotopic (exact) mass is 142 g/mol. The number of hydrogen-bond acceptors (Lipinski definition) is 3. The van der Waals surface area contributed by atoms with Gasteiger partial charge in [0.05, 0.1) is 6.61 Å².